The van der Waals surface area contributed by atoms with E-state index in [4.69, 9.17) is 9.88 Å². The average molecular weight is 430 g/mol. The number of aryl methyl sites for hydroxylation is 2. The maximum absolute atomic E-state index is 13.1. The van der Waals surface area contributed by atoms with Crippen molar-refractivity contribution in [3.63, 3.8) is 0 Å². The van der Waals surface area contributed by atoms with Gasteiger partial charge in [-0.3, -0.25) is 0 Å². The van der Waals surface area contributed by atoms with Crippen LogP contribution in [0.1, 0.15) is 48.4 Å². The van der Waals surface area contributed by atoms with Gasteiger partial charge in [0.1, 0.15) is 4.90 Å². The van der Waals surface area contributed by atoms with Crippen LogP contribution >= 0.6 is 0 Å². The fourth-order valence-electron chi connectivity index (χ4n) is 4.93. The van der Waals surface area contributed by atoms with Crippen LogP contribution in [0.15, 0.2) is 21.5 Å². The smallest absolute Gasteiger partial charge is 0.354 e. The van der Waals surface area contributed by atoms with Crippen molar-refractivity contribution in [1.29, 1.82) is 0 Å². The Morgan fingerprint density at radius 1 is 1.33 bits per heavy atom. The lowest BCUT2D eigenvalue weighted by molar-refractivity contribution is 0.224. The number of hydrogen-bond acceptors (Lipinski definition) is 4. The number of ether oxygens (including phenoxy) is 1. The maximum atomic E-state index is 13.1. The SMILES string of the molecule is CCC1Cc2cc3c(c(NC(=O)N=S(N)(=O)c4cnn5c4OCCC5)c2C1)CCC3. The lowest BCUT2D eigenvalue weighted by Crippen LogP contribution is -2.21. The normalized spacial score (nSPS) is 21.2. The quantitative estimate of drug-likeness (QED) is 0.780. The number of nitrogens with two attached hydrogens (primary N) is 1. The van der Waals surface area contributed by atoms with E-state index in [1.165, 1.54) is 28.5 Å². The Labute approximate surface area is 176 Å². The topological polar surface area (TPSA) is 112 Å². The van der Waals surface area contributed by atoms with E-state index in [-0.39, 0.29) is 4.90 Å². The first-order chi connectivity index (χ1) is 14.5. The molecule has 0 saturated heterocycles. The van der Waals surface area contributed by atoms with Crippen molar-refractivity contribution in [2.75, 3.05) is 11.9 Å². The maximum Gasteiger partial charge on any atom is 0.354 e. The number of benzene rings is 1. The Kier molecular flexibility index (Phi) is 4.82. The van der Waals surface area contributed by atoms with Crippen molar-refractivity contribution in [1.82, 2.24) is 9.78 Å². The van der Waals surface area contributed by atoms with E-state index >= 15 is 0 Å². The number of rotatable bonds is 3. The van der Waals surface area contributed by atoms with Crippen LogP contribution in [0.3, 0.4) is 0 Å². The second kappa shape index (κ2) is 7.39. The van der Waals surface area contributed by atoms with Gasteiger partial charge in [-0.15, -0.1) is 4.36 Å². The van der Waals surface area contributed by atoms with Gasteiger partial charge in [0.15, 0.2) is 9.92 Å². The van der Waals surface area contributed by atoms with Crippen molar-refractivity contribution < 1.29 is 13.7 Å². The number of anilines is 1. The summed E-state index contributed by atoms with van der Waals surface area (Å²) in [5, 5.41) is 13.1. The Morgan fingerprint density at radius 3 is 3.03 bits per heavy atom. The number of aromatic nitrogens is 2. The molecule has 0 spiro atoms. The minimum Gasteiger partial charge on any atom is -0.477 e. The number of carbonyl (C=O) groups excluding carboxylic acids is 1. The summed E-state index contributed by atoms with van der Waals surface area (Å²) in [4.78, 5) is 13.0. The second-order valence-electron chi connectivity index (χ2n) is 8.39. The van der Waals surface area contributed by atoms with Gasteiger partial charge in [-0.2, -0.15) is 5.10 Å². The minimum absolute atomic E-state index is 0.173. The number of urea groups is 1. The highest BCUT2D eigenvalue weighted by Gasteiger charge is 2.29. The number of carbonyl (C=O) groups is 1. The molecule has 2 aliphatic carbocycles. The van der Waals surface area contributed by atoms with Crippen LogP contribution in [0.25, 0.3) is 0 Å². The predicted molar refractivity (Wildman–Crippen MR) is 114 cm³/mol. The molecule has 2 unspecified atom stereocenters. The molecular weight excluding hydrogens is 402 g/mol. The average Bonchev–Trinajstić information content (AvgIpc) is 3.44. The van der Waals surface area contributed by atoms with Gasteiger partial charge < -0.3 is 10.1 Å². The Balaban J connectivity index is 1.48. The first-order valence-corrected chi connectivity index (χ1v) is 12.2. The molecule has 2 aromatic rings. The van der Waals surface area contributed by atoms with Crippen molar-refractivity contribution in [3.8, 4) is 5.88 Å². The summed E-state index contributed by atoms with van der Waals surface area (Å²) in [6.07, 6.45) is 8.39. The standard InChI is InChI=1S/C21H27N5O3S/c1-2-13-9-15-11-14-5-3-6-16(14)19(17(15)10-13)24-21(27)25-30(22,28)18-12-23-26-7-4-8-29-20(18)26/h11-13H,2-10H2,1H3,(H3,22,24,25,27,28). The van der Waals surface area contributed by atoms with Gasteiger partial charge in [-0.1, -0.05) is 19.4 Å². The predicted octanol–water partition coefficient (Wildman–Crippen LogP) is 3.21. The number of nitrogens with one attached hydrogen (secondary N) is 1. The summed E-state index contributed by atoms with van der Waals surface area (Å²) in [7, 11) is -3.47. The highest BCUT2D eigenvalue weighted by molar-refractivity contribution is 7.91. The van der Waals surface area contributed by atoms with Gasteiger partial charge in [0.25, 0.3) is 0 Å². The molecule has 0 fully saturated rings. The highest BCUT2D eigenvalue weighted by Crippen LogP contribution is 2.41. The first kappa shape index (κ1) is 19.6. The summed E-state index contributed by atoms with van der Waals surface area (Å²) in [5.74, 6) is 0.947. The number of hydrogen-bond donors (Lipinski definition) is 2. The third kappa shape index (κ3) is 3.30. The largest absolute Gasteiger partial charge is 0.477 e. The zero-order valence-electron chi connectivity index (χ0n) is 17.1. The second-order valence-corrected chi connectivity index (χ2v) is 10.2. The van der Waals surface area contributed by atoms with E-state index in [1.54, 1.807) is 4.68 Å². The van der Waals surface area contributed by atoms with Crippen LogP contribution in [0, 0.1) is 5.92 Å². The zero-order valence-corrected chi connectivity index (χ0v) is 18.0. The minimum atomic E-state index is -3.47. The van der Waals surface area contributed by atoms with E-state index < -0.39 is 15.9 Å². The van der Waals surface area contributed by atoms with E-state index in [9.17, 15) is 9.00 Å². The molecule has 2 amide bonds. The molecular formula is C21H27N5O3S. The number of nitrogens with zero attached hydrogens (tertiary/aromatic N) is 3. The number of fused-ring (bicyclic) bond motifs is 3. The van der Waals surface area contributed by atoms with Crippen molar-refractivity contribution in [2.24, 2.45) is 15.4 Å². The Morgan fingerprint density at radius 2 is 2.20 bits per heavy atom. The van der Waals surface area contributed by atoms with Crippen molar-refractivity contribution >= 4 is 21.6 Å². The van der Waals surface area contributed by atoms with Crippen LogP contribution in [-0.2, 0) is 42.1 Å². The molecule has 3 aliphatic rings. The number of amides is 2. The fourth-order valence-corrected chi connectivity index (χ4v) is 5.93. The van der Waals surface area contributed by atoms with Crippen LogP contribution in [0.2, 0.25) is 0 Å². The molecule has 1 aromatic heterocycles. The molecule has 0 radical (unpaired) electrons. The van der Waals surface area contributed by atoms with Crippen LogP contribution < -0.4 is 15.2 Å². The zero-order chi connectivity index (χ0) is 20.9. The molecule has 8 nitrogen and oxygen atoms in total. The first-order valence-electron chi connectivity index (χ1n) is 10.7. The molecule has 0 bridgehead atoms. The third-order valence-corrected chi connectivity index (χ3v) is 7.80. The van der Waals surface area contributed by atoms with E-state index in [2.05, 4.69) is 27.8 Å². The van der Waals surface area contributed by atoms with Crippen LogP contribution in [0.4, 0.5) is 10.5 Å². The Bertz CT molecular complexity index is 1150. The molecule has 3 N–H and O–H groups in total. The summed E-state index contributed by atoms with van der Waals surface area (Å²) in [6, 6.07) is 1.64. The van der Waals surface area contributed by atoms with E-state index in [0.717, 1.165) is 50.6 Å². The van der Waals surface area contributed by atoms with Gasteiger partial charge in [0.05, 0.1) is 12.8 Å². The summed E-state index contributed by atoms with van der Waals surface area (Å²) >= 11 is 0. The molecule has 2 heterocycles. The van der Waals surface area contributed by atoms with Gasteiger partial charge in [-0.05, 0) is 60.3 Å². The van der Waals surface area contributed by atoms with E-state index in [1.807, 2.05) is 0 Å². The van der Waals surface area contributed by atoms with Gasteiger partial charge in [-0.25, -0.2) is 18.8 Å². The van der Waals surface area contributed by atoms with Gasteiger partial charge in [0.2, 0.25) is 5.88 Å². The van der Waals surface area contributed by atoms with Crippen molar-refractivity contribution in [3.05, 3.63) is 34.5 Å². The lowest BCUT2D eigenvalue weighted by atomic mass is 9.99. The molecule has 160 valence electrons. The Hall–Kier alpha value is -2.39. The molecule has 5 rings (SSSR count). The van der Waals surface area contributed by atoms with Crippen LogP contribution in [0.5, 0.6) is 5.88 Å². The highest BCUT2D eigenvalue weighted by atomic mass is 32.2. The monoisotopic (exact) mass is 429 g/mol. The van der Waals surface area contributed by atoms with Gasteiger partial charge >= 0.3 is 6.03 Å². The molecule has 1 aliphatic heterocycles. The summed E-state index contributed by atoms with van der Waals surface area (Å²) < 4.78 is 24.2. The molecule has 30 heavy (non-hydrogen) atoms. The van der Waals surface area contributed by atoms with Crippen molar-refractivity contribution in [2.45, 2.75) is 63.3 Å². The van der Waals surface area contributed by atoms with E-state index in [0.29, 0.717) is 24.9 Å². The summed E-state index contributed by atoms with van der Waals surface area (Å²) in [6.45, 7) is 3.37. The summed E-state index contributed by atoms with van der Waals surface area (Å²) in [5.41, 5.74) is 5.91. The molecule has 1 aromatic carbocycles. The fraction of sp³-hybridized carbons (Fsp3) is 0.524. The molecule has 0 saturated carbocycles. The molecule has 2 atom stereocenters. The van der Waals surface area contributed by atoms with Gasteiger partial charge in [0, 0.05) is 18.7 Å². The third-order valence-electron chi connectivity index (χ3n) is 6.46. The lowest BCUT2D eigenvalue weighted by Gasteiger charge is -2.16. The molecule has 9 heteroatoms. The van der Waals surface area contributed by atoms with Crippen LogP contribution in [-0.4, -0.2) is 26.6 Å².